The summed E-state index contributed by atoms with van der Waals surface area (Å²) in [6, 6.07) is 13.7. The second kappa shape index (κ2) is 10.3. The predicted molar refractivity (Wildman–Crippen MR) is 141 cm³/mol. The molecule has 0 unspecified atom stereocenters. The van der Waals surface area contributed by atoms with Crippen molar-refractivity contribution in [1.82, 2.24) is 20.4 Å². The fourth-order valence-corrected chi connectivity index (χ4v) is 5.66. The number of nitrogens with zero attached hydrogens (tertiary/aromatic N) is 3. The molecule has 1 aliphatic heterocycles. The number of anilines is 1. The number of benzene rings is 2. The van der Waals surface area contributed by atoms with Crippen molar-refractivity contribution in [1.29, 1.82) is 0 Å². The molecule has 180 valence electrons. The number of rotatable bonds is 6. The van der Waals surface area contributed by atoms with Gasteiger partial charge in [0.05, 0.1) is 11.2 Å². The number of halogens is 1. The number of hydrogen-bond acceptors (Lipinski definition) is 7. The number of fused-ring (bicyclic) bond motifs is 1. The van der Waals surface area contributed by atoms with E-state index in [9.17, 15) is 4.79 Å². The number of aryl methyl sites for hydroxylation is 2. The van der Waals surface area contributed by atoms with Gasteiger partial charge in [0.25, 0.3) is 5.91 Å². The second-order valence-corrected chi connectivity index (χ2v) is 10.3. The molecule has 9 heteroatoms. The summed E-state index contributed by atoms with van der Waals surface area (Å²) in [6.07, 6.45) is 1.93. The summed E-state index contributed by atoms with van der Waals surface area (Å²) in [7, 11) is 0. The Kier molecular flexibility index (Phi) is 6.92. The van der Waals surface area contributed by atoms with Gasteiger partial charge in [-0.25, -0.2) is 9.97 Å². The summed E-state index contributed by atoms with van der Waals surface area (Å²) < 4.78 is 5.37. The molecule has 0 radical (unpaired) electrons. The number of amides is 1. The topological polar surface area (TPSA) is 92.9 Å². The third-order valence-corrected chi connectivity index (χ3v) is 7.41. The molecular formula is C26H26ClN5O2S. The lowest BCUT2D eigenvalue weighted by Gasteiger charge is -2.22. The van der Waals surface area contributed by atoms with Crippen LogP contribution in [0.3, 0.4) is 0 Å². The van der Waals surface area contributed by atoms with E-state index in [1.165, 1.54) is 0 Å². The molecule has 1 aliphatic rings. The van der Waals surface area contributed by atoms with Crippen LogP contribution in [0.5, 0.6) is 0 Å². The van der Waals surface area contributed by atoms with Crippen molar-refractivity contribution in [3.8, 4) is 11.1 Å². The average molecular weight is 508 g/mol. The Hall–Kier alpha value is -3.10. The molecule has 4 aromatic rings. The van der Waals surface area contributed by atoms with Crippen LogP contribution in [-0.2, 0) is 6.54 Å². The van der Waals surface area contributed by atoms with Gasteiger partial charge in [0.2, 0.25) is 5.82 Å². The van der Waals surface area contributed by atoms with Crippen LogP contribution < -0.4 is 10.6 Å². The molecule has 2 aromatic heterocycles. The lowest BCUT2D eigenvalue weighted by atomic mass is 10.0. The molecule has 7 nitrogen and oxygen atoms in total. The minimum absolute atomic E-state index is 0.160. The third kappa shape index (κ3) is 5.28. The standard InChI is InChI=1S/C26H26ClN5O2S/c1-15-23(16(2)34-32-15)18-6-7-22-21(13-18)24(28-14-17-4-3-5-19(27)12-17)31-25(30-22)26(33)29-20-8-10-35-11-9-20/h3-7,12-13,20H,8-11,14H2,1-2H3,(H,29,33)(H,28,30,31). The zero-order valence-corrected chi connectivity index (χ0v) is 21.2. The molecule has 2 aromatic carbocycles. The van der Waals surface area contributed by atoms with Crippen molar-refractivity contribution in [3.05, 3.63) is 70.3 Å². The van der Waals surface area contributed by atoms with Gasteiger partial charge in [-0.15, -0.1) is 0 Å². The fourth-order valence-electron chi connectivity index (χ4n) is 4.34. The quantitative estimate of drug-likeness (QED) is 0.341. The van der Waals surface area contributed by atoms with Crippen LogP contribution in [0.4, 0.5) is 5.82 Å². The predicted octanol–water partition coefficient (Wildman–Crippen LogP) is 5.79. The Bertz CT molecular complexity index is 1360. The first-order valence-corrected chi connectivity index (χ1v) is 13.1. The van der Waals surface area contributed by atoms with Crippen molar-refractivity contribution in [3.63, 3.8) is 0 Å². The number of hydrogen-bond donors (Lipinski definition) is 2. The highest BCUT2D eigenvalue weighted by Crippen LogP contribution is 2.31. The summed E-state index contributed by atoms with van der Waals surface area (Å²) in [5, 5.41) is 12.1. The van der Waals surface area contributed by atoms with E-state index in [0.717, 1.165) is 57.9 Å². The Balaban J connectivity index is 1.52. The maximum atomic E-state index is 13.1. The van der Waals surface area contributed by atoms with Gasteiger partial charge in [0.1, 0.15) is 11.6 Å². The van der Waals surface area contributed by atoms with E-state index in [0.29, 0.717) is 22.9 Å². The van der Waals surface area contributed by atoms with Crippen LogP contribution in [0.2, 0.25) is 5.02 Å². The third-order valence-electron chi connectivity index (χ3n) is 6.13. The summed E-state index contributed by atoms with van der Waals surface area (Å²) >= 11 is 8.09. The molecule has 0 atom stereocenters. The van der Waals surface area contributed by atoms with Gasteiger partial charge in [0, 0.05) is 28.6 Å². The van der Waals surface area contributed by atoms with Crippen molar-refractivity contribution < 1.29 is 9.32 Å². The molecule has 1 saturated heterocycles. The lowest BCUT2D eigenvalue weighted by molar-refractivity contribution is 0.0925. The zero-order valence-electron chi connectivity index (χ0n) is 19.6. The molecule has 0 saturated carbocycles. The number of carbonyl (C=O) groups excluding carboxylic acids is 1. The fraction of sp³-hybridized carbons (Fsp3) is 0.308. The van der Waals surface area contributed by atoms with Gasteiger partial charge < -0.3 is 15.2 Å². The monoisotopic (exact) mass is 507 g/mol. The average Bonchev–Trinajstić information content (AvgIpc) is 3.20. The molecule has 35 heavy (non-hydrogen) atoms. The van der Waals surface area contributed by atoms with Crippen molar-refractivity contribution in [2.75, 3.05) is 16.8 Å². The summed E-state index contributed by atoms with van der Waals surface area (Å²) in [5.41, 5.74) is 4.42. The maximum Gasteiger partial charge on any atom is 0.289 e. The van der Waals surface area contributed by atoms with E-state index >= 15 is 0 Å². The normalized spacial score (nSPS) is 14.3. The van der Waals surface area contributed by atoms with E-state index in [-0.39, 0.29) is 17.8 Å². The van der Waals surface area contributed by atoms with Gasteiger partial charge in [-0.3, -0.25) is 4.79 Å². The smallest absolute Gasteiger partial charge is 0.289 e. The molecule has 3 heterocycles. The van der Waals surface area contributed by atoms with Crippen LogP contribution in [-0.4, -0.2) is 38.6 Å². The summed E-state index contributed by atoms with van der Waals surface area (Å²) in [5.74, 6) is 3.37. The highest BCUT2D eigenvalue weighted by Gasteiger charge is 2.21. The van der Waals surface area contributed by atoms with Gasteiger partial charge in [-0.2, -0.15) is 11.8 Å². The van der Waals surface area contributed by atoms with Crippen LogP contribution in [0.1, 0.15) is 40.5 Å². The highest BCUT2D eigenvalue weighted by molar-refractivity contribution is 7.99. The van der Waals surface area contributed by atoms with Crippen molar-refractivity contribution >= 4 is 46.0 Å². The minimum Gasteiger partial charge on any atom is -0.365 e. The van der Waals surface area contributed by atoms with E-state index in [4.69, 9.17) is 16.1 Å². The van der Waals surface area contributed by atoms with E-state index in [1.54, 1.807) is 0 Å². The molecule has 1 fully saturated rings. The Morgan fingerprint density at radius 1 is 1.14 bits per heavy atom. The molecule has 0 aliphatic carbocycles. The van der Waals surface area contributed by atoms with E-state index in [2.05, 4.69) is 25.8 Å². The first-order chi connectivity index (χ1) is 17.0. The molecule has 1 amide bonds. The SMILES string of the molecule is Cc1noc(C)c1-c1ccc2nc(C(=O)NC3CCSCC3)nc(NCc3cccc(Cl)c3)c2c1. The van der Waals surface area contributed by atoms with Crippen LogP contribution in [0, 0.1) is 13.8 Å². The van der Waals surface area contributed by atoms with Gasteiger partial charge in [-0.05, 0) is 73.6 Å². The van der Waals surface area contributed by atoms with Gasteiger partial charge in [-0.1, -0.05) is 35.0 Å². The molecule has 2 N–H and O–H groups in total. The maximum absolute atomic E-state index is 13.1. The van der Waals surface area contributed by atoms with Crippen molar-refractivity contribution in [2.24, 2.45) is 0 Å². The summed E-state index contributed by atoms with van der Waals surface area (Å²) in [4.78, 5) is 22.3. The zero-order chi connectivity index (χ0) is 24.4. The van der Waals surface area contributed by atoms with Gasteiger partial charge >= 0.3 is 0 Å². The number of carbonyl (C=O) groups is 1. The lowest BCUT2D eigenvalue weighted by Crippen LogP contribution is -2.38. The van der Waals surface area contributed by atoms with Crippen LogP contribution in [0.15, 0.2) is 47.0 Å². The van der Waals surface area contributed by atoms with Gasteiger partial charge in [0.15, 0.2) is 0 Å². The Labute approximate surface area is 213 Å². The van der Waals surface area contributed by atoms with Crippen LogP contribution in [0.25, 0.3) is 22.0 Å². The molecule has 0 spiro atoms. The minimum atomic E-state index is -0.246. The summed E-state index contributed by atoms with van der Waals surface area (Å²) in [6.45, 7) is 4.32. The molecular weight excluding hydrogens is 482 g/mol. The van der Waals surface area contributed by atoms with E-state index < -0.39 is 0 Å². The number of nitrogens with one attached hydrogen (secondary N) is 2. The Morgan fingerprint density at radius 2 is 1.97 bits per heavy atom. The highest BCUT2D eigenvalue weighted by atomic mass is 35.5. The molecule has 5 rings (SSSR count). The molecule has 0 bridgehead atoms. The Morgan fingerprint density at radius 3 is 2.71 bits per heavy atom. The number of thioether (sulfide) groups is 1. The number of aromatic nitrogens is 3. The van der Waals surface area contributed by atoms with E-state index in [1.807, 2.05) is 68.1 Å². The first kappa shape index (κ1) is 23.6. The second-order valence-electron chi connectivity index (χ2n) is 8.67. The van der Waals surface area contributed by atoms with Crippen LogP contribution >= 0.6 is 23.4 Å². The van der Waals surface area contributed by atoms with Crippen molar-refractivity contribution in [2.45, 2.75) is 39.3 Å². The first-order valence-electron chi connectivity index (χ1n) is 11.6. The largest absolute Gasteiger partial charge is 0.365 e.